The van der Waals surface area contributed by atoms with Crippen molar-refractivity contribution in [2.24, 2.45) is 0 Å². The van der Waals surface area contributed by atoms with Gasteiger partial charge in [-0.15, -0.1) is 0 Å². The Labute approximate surface area is 199 Å². The van der Waals surface area contributed by atoms with Crippen molar-refractivity contribution in [1.29, 1.82) is 0 Å². The van der Waals surface area contributed by atoms with Crippen LogP contribution in [-0.2, 0) is 0 Å². The van der Waals surface area contributed by atoms with Crippen LogP contribution in [0.5, 0.6) is 5.75 Å². The summed E-state index contributed by atoms with van der Waals surface area (Å²) in [5.41, 5.74) is 6.79. The van der Waals surface area contributed by atoms with Crippen molar-refractivity contribution in [1.82, 2.24) is 15.2 Å². The molecule has 0 N–H and O–H groups in total. The van der Waals surface area contributed by atoms with Crippen molar-refractivity contribution < 1.29 is 14.1 Å². The molecule has 34 heavy (non-hydrogen) atoms. The number of anilines is 1. The van der Waals surface area contributed by atoms with Gasteiger partial charge in [-0.3, -0.25) is 4.79 Å². The number of aryl methyl sites for hydroxylation is 1. The number of benzene rings is 2. The van der Waals surface area contributed by atoms with E-state index in [-0.39, 0.29) is 11.8 Å². The van der Waals surface area contributed by atoms with Gasteiger partial charge in [0.1, 0.15) is 17.6 Å². The Bertz CT molecular complexity index is 1310. The minimum absolute atomic E-state index is 0.0878. The predicted molar refractivity (Wildman–Crippen MR) is 129 cm³/mol. The number of hydrazine groups is 1. The summed E-state index contributed by atoms with van der Waals surface area (Å²) in [6.07, 6.45) is 4.01. The number of ketones is 1. The number of rotatable bonds is 3. The number of nitrogens with zero attached hydrogens (tertiary/aromatic N) is 4. The van der Waals surface area contributed by atoms with Crippen LogP contribution < -0.4 is 9.64 Å². The summed E-state index contributed by atoms with van der Waals surface area (Å²) in [7, 11) is 0. The van der Waals surface area contributed by atoms with Crippen molar-refractivity contribution >= 4 is 11.5 Å². The second-order valence-electron chi connectivity index (χ2n) is 9.79. The number of hydrogen-bond acceptors (Lipinski definition) is 7. The first kappa shape index (κ1) is 21.1. The Balaban J connectivity index is 1.36. The average Bonchev–Trinajstić information content (AvgIpc) is 3.44. The van der Waals surface area contributed by atoms with Crippen LogP contribution in [0.25, 0.3) is 11.1 Å². The highest BCUT2D eigenvalue weighted by Crippen LogP contribution is 2.50. The van der Waals surface area contributed by atoms with E-state index in [1.807, 2.05) is 31.2 Å². The molecule has 3 aromatic rings. The maximum absolute atomic E-state index is 11.7. The van der Waals surface area contributed by atoms with Gasteiger partial charge >= 0.3 is 0 Å². The number of Topliss-reactive ketones (excluding diaryl/α,β-unsaturated/α-hetero) is 1. The van der Waals surface area contributed by atoms with Crippen molar-refractivity contribution in [3.8, 4) is 16.9 Å². The van der Waals surface area contributed by atoms with E-state index in [2.05, 4.69) is 58.2 Å². The lowest BCUT2D eigenvalue weighted by molar-refractivity contribution is -0.0296. The number of aromatic nitrogens is 1. The van der Waals surface area contributed by atoms with Gasteiger partial charge in [-0.05, 0) is 69.2 Å². The number of carbonyl (C=O) groups excluding carboxylic acids is 1. The third-order valence-corrected chi connectivity index (χ3v) is 7.20. The minimum Gasteiger partial charge on any atom is -0.483 e. The highest BCUT2D eigenvalue weighted by atomic mass is 16.5. The van der Waals surface area contributed by atoms with Crippen molar-refractivity contribution in [2.45, 2.75) is 39.3 Å². The highest BCUT2D eigenvalue weighted by molar-refractivity contribution is 5.94. The molecule has 3 aliphatic rings. The summed E-state index contributed by atoms with van der Waals surface area (Å²) in [5.74, 6) is 0.987. The molecule has 1 fully saturated rings. The van der Waals surface area contributed by atoms with E-state index in [1.165, 1.54) is 11.1 Å². The van der Waals surface area contributed by atoms with Crippen LogP contribution >= 0.6 is 0 Å². The van der Waals surface area contributed by atoms with E-state index >= 15 is 0 Å². The first-order valence-corrected chi connectivity index (χ1v) is 11.6. The van der Waals surface area contributed by atoms with E-state index in [4.69, 9.17) is 9.26 Å². The maximum atomic E-state index is 11.7. The molecular formula is C27H28N4O3. The lowest BCUT2D eigenvalue weighted by Crippen LogP contribution is -2.51. The predicted octanol–water partition coefficient (Wildman–Crippen LogP) is 4.96. The molecule has 0 spiro atoms. The molecule has 0 amide bonds. The molecule has 0 radical (unpaired) electrons. The molecule has 7 heteroatoms. The van der Waals surface area contributed by atoms with Gasteiger partial charge < -0.3 is 14.2 Å². The zero-order valence-electron chi connectivity index (χ0n) is 19.9. The van der Waals surface area contributed by atoms with Crippen LogP contribution in [0.2, 0.25) is 0 Å². The third kappa shape index (κ3) is 3.27. The van der Waals surface area contributed by atoms with Crippen LogP contribution in [0, 0.1) is 6.92 Å². The molecule has 3 aliphatic heterocycles. The van der Waals surface area contributed by atoms with Crippen LogP contribution in [0.1, 0.15) is 48.4 Å². The Morgan fingerprint density at radius 1 is 1.12 bits per heavy atom. The van der Waals surface area contributed by atoms with E-state index in [1.54, 1.807) is 13.2 Å². The lowest BCUT2D eigenvalue weighted by Gasteiger charge is -2.48. The second kappa shape index (κ2) is 7.55. The molecule has 1 unspecified atom stereocenters. The van der Waals surface area contributed by atoms with Gasteiger partial charge in [-0.25, -0.2) is 10.0 Å². The van der Waals surface area contributed by atoms with Crippen LogP contribution in [0.15, 0.2) is 64.9 Å². The van der Waals surface area contributed by atoms with Gasteiger partial charge in [-0.2, -0.15) is 0 Å². The van der Waals surface area contributed by atoms with Gasteiger partial charge in [0.15, 0.2) is 5.78 Å². The number of fused-ring (bicyclic) bond motifs is 5. The van der Waals surface area contributed by atoms with E-state index in [9.17, 15) is 4.79 Å². The second-order valence-corrected chi connectivity index (χ2v) is 9.79. The minimum atomic E-state index is -0.414. The lowest BCUT2D eigenvalue weighted by atomic mass is 9.82. The summed E-state index contributed by atoms with van der Waals surface area (Å²) in [4.78, 5) is 14.0. The topological polar surface area (TPSA) is 62.1 Å². The Kier molecular flexibility index (Phi) is 4.69. The summed E-state index contributed by atoms with van der Waals surface area (Å²) in [6.45, 7) is 10.3. The average molecular weight is 457 g/mol. The maximum Gasteiger partial charge on any atom is 0.159 e. The van der Waals surface area contributed by atoms with Crippen molar-refractivity contribution in [3.63, 3.8) is 0 Å². The Morgan fingerprint density at radius 2 is 1.91 bits per heavy atom. The molecule has 0 bridgehead atoms. The van der Waals surface area contributed by atoms with Gasteiger partial charge in [-0.1, -0.05) is 23.4 Å². The van der Waals surface area contributed by atoms with Crippen LogP contribution in [0.3, 0.4) is 0 Å². The first-order valence-electron chi connectivity index (χ1n) is 11.6. The van der Waals surface area contributed by atoms with Gasteiger partial charge in [0, 0.05) is 28.9 Å². The van der Waals surface area contributed by atoms with Crippen molar-refractivity contribution in [3.05, 3.63) is 77.2 Å². The molecule has 1 aromatic heterocycles. The fourth-order valence-corrected chi connectivity index (χ4v) is 5.36. The van der Waals surface area contributed by atoms with E-state index in [0.29, 0.717) is 0 Å². The summed E-state index contributed by atoms with van der Waals surface area (Å²) in [5, 5.41) is 8.86. The standard InChI is InChI=1S/C27H28N4O3/c1-17-23(14-33-28-17)20-7-10-22-25(13-20)34-27(3,4)24-11-12-30-15-29(16-31(30)26(22)24)21-8-5-19(6-9-21)18(2)32/h5-11,13-14,26H,12,15-16H2,1-4H3. The van der Waals surface area contributed by atoms with Crippen LogP contribution in [-0.4, -0.2) is 46.4 Å². The van der Waals surface area contributed by atoms with Gasteiger partial charge in [0.25, 0.3) is 0 Å². The number of carbonyl (C=O) groups is 1. The molecule has 0 aliphatic carbocycles. The van der Waals surface area contributed by atoms with E-state index in [0.717, 1.165) is 53.7 Å². The summed E-state index contributed by atoms with van der Waals surface area (Å²) < 4.78 is 11.7. The van der Waals surface area contributed by atoms with E-state index < -0.39 is 5.60 Å². The zero-order valence-corrected chi connectivity index (χ0v) is 19.9. The molecule has 6 rings (SSSR count). The first-order chi connectivity index (χ1) is 16.3. The molecule has 1 saturated heterocycles. The highest BCUT2D eigenvalue weighted by Gasteiger charge is 2.47. The molecule has 4 heterocycles. The van der Waals surface area contributed by atoms with Crippen molar-refractivity contribution in [2.75, 3.05) is 24.8 Å². The molecule has 2 aromatic carbocycles. The molecule has 174 valence electrons. The number of ether oxygens (including phenoxy) is 1. The molecular weight excluding hydrogens is 428 g/mol. The fraction of sp³-hybridized carbons (Fsp3) is 0.333. The molecule has 0 saturated carbocycles. The zero-order chi connectivity index (χ0) is 23.6. The third-order valence-electron chi connectivity index (χ3n) is 7.20. The Morgan fingerprint density at radius 3 is 2.62 bits per heavy atom. The molecule has 1 atom stereocenters. The normalized spacial score (nSPS) is 21.4. The Hall–Kier alpha value is -3.42. The smallest absolute Gasteiger partial charge is 0.159 e. The summed E-state index contributed by atoms with van der Waals surface area (Å²) in [6, 6.07) is 14.4. The largest absolute Gasteiger partial charge is 0.483 e. The monoisotopic (exact) mass is 456 g/mol. The SMILES string of the molecule is CC(=O)c1ccc(N2CN3CC=C4C(c5ccc(-c6conc6C)cc5OC4(C)C)N3C2)cc1. The van der Waals surface area contributed by atoms with Crippen LogP contribution in [0.4, 0.5) is 5.69 Å². The fourth-order valence-electron chi connectivity index (χ4n) is 5.36. The van der Waals surface area contributed by atoms with Gasteiger partial charge in [0.2, 0.25) is 0 Å². The quantitative estimate of drug-likeness (QED) is 0.408. The summed E-state index contributed by atoms with van der Waals surface area (Å²) >= 11 is 0. The molecule has 7 nitrogen and oxygen atoms in total. The van der Waals surface area contributed by atoms with Gasteiger partial charge in [0.05, 0.1) is 25.1 Å². The number of hydrogen-bond donors (Lipinski definition) is 0.